The minimum atomic E-state index is -1.75. The first-order chi connectivity index (χ1) is 57.6. The fourth-order valence-electron chi connectivity index (χ4n) is 16.5. The quantitative estimate of drug-likeness (QED) is 0.0305. The number of fused-ring (bicyclic) bond motifs is 6. The molecule has 4 aliphatic heterocycles. The molecule has 11 aromatic carbocycles. The number of thiophene rings is 2. The molecular weight excluding hydrogens is 1650 g/mol. The van der Waals surface area contributed by atoms with Gasteiger partial charge in [-0.05, 0) is 142 Å². The average Bonchev–Trinajstić information content (AvgIpc) is 1.53. The van der Waals surface area contributed by atoms with E-state index in [9.17, 15) is 0 Å². The van der Waals surface area contributed by atoms with E-state index < -0.39 is 76.6 Å². The van der Waals surface area contributed by atoms with Crippen LogP contribution in [0.2, 0.25) is 39.3 Å². The summed E-state index contributed by atoms with van der Waals surface area (Å²) in [7, 11) is -3.33. The Morgan fingerprint density at radius 2 is 0.653 bits per heavy atom. The van der Waals surface area contributed by atoms with E-state index in [1.165, 1.54) is 49.4 Å². The van der Waals surface area contributed by atoms with Gasteiger partial charge in [-0.25, -0.2) is 0 Å². The van der Waals surface area contributed by atoms with Crippen LogP contribution in [0.1, 0.15) is 90.4 Å². The molecule has 0 radical (unpaired) electrons. The maximum atomic E-state index is 7.53. The lowest BCUT2D eigenvalue weighted by Crippen LogP contribution is -2.65. The first-order valence-electron chi connectivity index (χ1n) is 41.3. The van der Waals surface area contributed by atoms with Gasteiger partial charge in [0.2, 0.25) is 11.6 Å². The summed E-state index contributed by atoms with van der Waals surface area (Å²) in [6, 6.07) is 101. The van der Waals surface area contributed by atoms with Gasteiger partial charge in [0.15, 0.2) is 0 Å². The van der Waals surface area contributed by atoms with Crippen molar-refractivity contribution >= 4 is 90.6 Å². The summed E-state index contributed by atoms with van der Waals surface area (Å²) in [6.45, 7) is 21.1. The van der Waals surface area contributed by atoms with Crippen LogP contribution in [-0.2, 0) is 147 Å². The second-order valence-corrected chi connectivity index (χ2v) is 47.1. The molecule has 10 atom stereocenters. The van der Waals surface area contributed by atoms with Gasteiger partial charge < -0.3 is 56.8 Å². The van der Waals surface area contributed by atoms with Crippen molar-refractivity contribution in [3.8, 4) is 0 Å². The predicted octanol–water partition coefficient (Wildman–Crippen LogP) is 21.8. The molecule has 17 heteroatoms. The van der Waals surface area contributed by atoms with Gasteiger partial charge in [0.05, 0.1) is 95.4 Å². The highest BCUT2D eigenvalue weighted by atomic mass is 127. The van der Waals surface area contributed by atoms with Gasteiger partial charge in [0.25, 0.3) is 0 Å². The zero-order valence-electron chi connectivity index (χ0n) is 68.3. The van der Waals surface area contributed by atoms with Crippen molar-refractivity contribution in [1.29, 1.82) is 0 Å². The molecule has 6 heterocycles. The van der Waals surface area contributed by atoms with Gasteiger partial charge >= 0.3 is 0 Å². The Morgan fingerprint density at radius 3 is 1.00 bits per heavy atom. The van der Waals surface area contributed by atoms with E-state index in [0.29, 0.717) is 66.1 Å². The Bertz CT molecular complexity index is 5370. The van der Waals surface area contributed by atoms with Crippen LogP contribution < -0.4 is 9.00 Å². The van der Waals surface area contributed by atoms with Crippen LogP contribution in [-0.4, -0.2) is 78.2 Å². The Balaban J connectivity index is 0.000000178. The topological polar surface area (TPSA) is 111 Å². The lowest BCUT2D eigenvalue weighted by Gasteiger charge is -2.51. The highest BCUT2D eigenvalue weighted by Gasteiger charge is 2.63. The zero-order valence-corrected chi connectivity index (χ0v) is 74.1. The second-order valence-electron chi connectivity index (χ2n) is 33.2. The van der Waals surface area contributed by atoms with Gasteiger partial charge in [-0.15, -0.1) is 22.7 Å². The molecule has 118 heavy (non-hydrogen) atoms. The Labute approximate surface area is 718 Å². The highest BCUT2D eigenvalue weighted by Crippen LogP contribution is 2.53. The van der Waals surface area contributed by atoms with Crippen molar-refractivity contribution in [1.82, 2.24) is 0 Å². The molecule has 0 bridgehead atoms. The molecule has 0 unspecified atom stereocenters. The number of aryl methyl sites for hydroxylation is 1. The fourth-order valence-corrected chi connectivity index (χ4v) is 26.8. The van der Waals surface area contributed by atoms with Crippen molar-refractivity contribution in [2.24, 2.45) is 0 Å². The summed E-state index contributed by atoms with van der Waals surface area (Å²) < 4.78 is 91.5. The number of halogens is 1. The second kappa shape index (κ2) is 38.4. The molecule has 2 saturated heterocycles. The van der Waals surface area contributed by atoms with Crippen LogP contribution in [0, 0.1) is 3.57 Å². The number of hydrogen-bond acceptors (Lipinski definition) is 14. The van der Waals surface area contributed by atoms with E-state index in [1.807, 2.05) is 168 Å². The third-order valence-corrected chi connectivity index (χ3v) is 34.1. The van der Waals surface area contributed by atoms with Gasteiger partial charge in [0, 0.05) is 34.0 Å². The molecule has 13 aromatic rings. The van der Waals surface area contributed by atoms with Crippen molar-refractivity contribution in [3.63, 3.8) is 0 Å². The standard InChI is InChI=1S/C55H58O6SSi.C46H47IO6SSi/c1-5-39-26-28-40(29-27-39)30-47-46-32-48-45(31-50(46)62-54(47)63(2,3)4)37-60-55(48)53(59-36-44-24-16-9-17-25-44)52(58-35-43-22-14-8-15-23-43)51(57-34-42-20-12-7-13-21-42)49(61-55)38-56-33-41-18-10-6-11-19-41;1-55(2,3)45-41(47)37-25-38-36(24-40(37)54-45)30-52-46(38)44(51-29-35-22-14-7-15-23-35)43(50-28-34-20-12-6-13-21-34)42(49-27-33-18-10-5-11-19-33)39(53-46)31-48-26-32-16-8-4-9-17-32/h6-29,31-32,49,51-53H,5,30,33-38H2,1-4H3;4-25,39,42-44H,26-31H2,1-3H3/t49-,51-,52+,53-,55+;39-,42-,43+,44-,46+/m11/s1. The lowest BCUT2D eigenvalue weighted by molar-refractivity contribution is -0.387. The van der Waals surface area contributed by atoms with E-state index in [2.05, 4.69) is 214 Å². The number of benzene rings is 11. The van der Waals surface area contributed by atoms with E-state index in [4.69, 9.17) is 56.8 Å². The minimum absolute atomic E-state index is 0.255. The van der Waals surface area contributed by atoms with Crippen molar-refractivity contribution in [2.75, 3.05) is 13.2 Å². The molecular formula is C101H105IO12S2Si2. The smallest absolute Gasteiger partial charge is 0.226 e. The molecule has 0 amide bonds. The summed E-state index contributed by atoms with van der Waals surface area (Å²) in [5, 5.41) is 2.49. The van der Waals surface area contributed by atoms with Crippen molar-refractivity contribution in [3.05, 3.63) is 378 Å². The highest BCUT2D eigenvalue weighted by molar-refractivity contribution is 14.1. The van der Waals surface area contributed by atoms with Crippen molar-refractivity contribution < 1.29 is 56.8 Å². The Kier molecular flexibility index (Phi) is 27.2. The maximum absolute atomic E-state index is 7.53. The molecule has 0 N–H and O–H groups in total. The SMILES string of the molecule is CCc1ccc(Cc2c([Si](C)(C)C)sc3cc4c(cc23)[C@]2(OC4)O[C@H](COCc3ccccc3)[C@@H](OCc3ccccc3)[C@H](OCc3ccccc3)[C@H]2OCc2ccccc2)cc1.C[Si](C)(C)c1sc2cc3c(cc2c1I)[C@]1(OC3)O[C@H](COCc2ccccc2)[C@@H](OCc2ccccc2)[C@H](OCc2ccccc2)[C@H]1OCc1ccccc1. The lowest BCUT2D eigenvalue weighted by atomic mass is 9.86. The first kappa shape index (κ1) is 83.7. The monoisotopic (exact) mass is 1760 g/mol. The summed E-state index contributed by atoms with van der Waals surface area (Å²) in [5.41, 5.74) is 16.8. The van der Waals surface area contributed by atoms with E-state index >= 15 is 0 Å². The summed E-state index contributed by atoms with van der Waals surface area (Å²) >= 11 is 6.43. The zero-order chi connectivity index (χ0) is 81.1. The average molecular weight is 1760 g/mol. The van der Waals surface area contributed by atoms with E-state index in [1.54, 1.807) is 0 Å². The molecule has 0 aliphatic carbocycles. The number of ether oxygens (including phenoxy) is 12. The Morgan fingerprint density at radius 1 is 0.347 bits per heavy atom. The molecule has 4 aliphatic rings. The third kappa shape index (κ3) is 19.5. The van der Waals surface area contributed by atoms with Crippen molar-refractivity contribution in [2.45, 2.75) is 186 Å². The molecule has 0 saturated carbocycles. The van der Waals surface area contributed by atoms with Gasteiger partial charge in [-0.1, -0.05) is 313 Å². The van der Waals surface area contributed by atoms with Gasteiger partial charge in [-0.2, -0.15) is 0 Å². The summed E-state index contributed by atoms with van der Waals surface area (Å²) in [5.74, 6) is -2.61. The predicted molar refractivity (Wildman–Crippen MR) is 486 cm³/mol. The minimum Gasteiger partial charge on any atom is -0.374 e. The fraction of sp³-hybridized carbons (Fsp3) is 0.307. The van der Waals surface area contributed by atoms with Gasteiger partial charge in [0.1, 0.15) is 48.8 Å². The first-order valence-corrected chi connectivity index (χ1v) is 51.0. The maximum Gasteiger partial charge on any atom is 0.226 e. The van der Waals surface area contributed by atoms with Crippen LogP contribution in [0.4, 0.5) is 0 Å². The summed E-state index contributed by atoms with van der Waals surface area (Å²) in [6.07, 6.45) is -2.98. The summed E-state index contributed by atoms with van der Waals surface area (Å²) in [4.78, 5) is 0. The van der Waals surface area contributed by atoms with Crippen LogP contribution in [0.5, 0.6) is 0 Å². The van der Waals surface area contributed by atoms with Crippen LogP contribution in [0.15, 0.2) is 291 Å². The molecule has 2 aromatic heterocycles. The normalized spacial score (nSPS) is 21.6. The number of rotatable bonds is 31. The molecule has 17 rings (SSSR count). The molecule has 2 fully saturated rings. The van der Waals surface area contributed by atoms with Crippen LogP contribution >= 0.6 is 45.3 Å². The van der Waals surface area contributed by atoms with E-state index in [-0.39, 0.29) is 13.2 Å². The van der Waals surface area contributed by atoms with Gasteiger partial charge in [-0.3, -0.25) is 0 Å². The molecule has 2 spiro atoms. The number of hydrogen-bond donors (Lipinski definition) is 0. The Hall–Kier alpha value is -7.98. The third-order valence-electron chi connectivity index (χ3n) is 22.5. The largest absolute Gasteiger partial charge is 0.374 e. The van der Waals surface area contributed by atoms with Crippen LogP contribution in [0.25, 0.3) is 20.2 Å². The molecule has 12 nitrogen and oxygen atoms in total. The molecule has 608 valence electrons. The van der Waals surface area contributed by atoms with Crippen LogP contribution in [0.3, 0.4) is 0 Å². The van der Waals surface area contributed by atoms with E-state index in [0.717, 1.165) is 79.6 Å².